The molecule has 1 saturated carbocycles. The Labute approximate surface area is 267 Å². The first-order chi connectivity index (χ1) is 21.0. The number of fused-ring (bicyclic) bond motifs is 1. The van der Waals surface area contributed by atoms with Gasteiger partial charge in [-0.1, -0.05) is 18.2 Å². The first-order valence-corrected chi connectivity index (χ1v) is 17.4. The molecule has 2 aliphatic rings. The Kier molecular flexibility index (Phi) is 9.97. The van der Waals surface area contributed by atoms with E-state index in [0.29, 0.717) is 23.6 Å². The number of hydrogen-bond acceptors (Lipinski definition) is 5. The Morgan fingerprint density at radius 3 is 1.82 bits per heavy atom. The van der Waals surface area contributed by atoms with Gasteiger partial charge in [0.25, 0.3) is 0 Å². The Balaban J connectivity index is 0.000000229. The SMILES string of the molecule is CC(C)(C)c1cc([CH]=[Mn]2[NH]C3CCCCC3[NH]2)c(O)c(C(C)(C)c2ccccc2)c1.Oc1ccc(Oc2ccccc2)cc1. The molecule has 1 saturated heterocycles. The number of nitrogens with one attached hydrogen (secondary N) is 2. The van der Waals surface area contributed by atoms with Gasteiger partial charge in [-0.3, -0.25) is 0 Å². The first-order valence-electron chi connectivity index (χ1n) is 15.5. The molecule has 1 aliphatic carbocycles. The van der Waals surface area contributed by atoms with Gasteiger partial charge in [0.1, 0.15) is 17.2 Å². The van der Waals surface area contributed by atoms with Crippen LogP contribution in [0.1, 0.15) is 82.6 Å². The summed E-state index contributed by atoms with van der Waals surface area (Å²) in [5, 5.41) is 20.5. The van der Waals surface area contributed by atoms with Crippen LogP contribution in [-0.4, -0.2) is 27.2 Å². The number of aromatic hydroxyl groups is 2. The molecule has 4 aromatic carbocycles. The van der Waals surface area contributed by atoms with Crippen molar-refractivity contribution in [1.82, 2.24) is 8.67 Å². The van der Waals surface area contributed by atoms with Crippen LogP contribution in [0.25, 0.3) is 0 Å². The van der Waals surface area contributed by atoms with Crippen molar-refractivity contribution in [2.24, 2.45) is 0 Å². The molecular weight excluding hydrogens is 587 g/mol. The van der Waals surface area contributed by atoms with E-state index in [2.05, 4.69) is 84.6 Å². The summed E-state index contributed by atoms with van der Waals surface area (Å²) in [7, 11) is 0. The monoisotopic (exact) mass is 633 g/mol. The third-order valence-electron chi connectivity index (χ3n) is 8.50. The maximum Gasteiger partial charge on any atom is 0.127 e. The molecular formula is C38H46MnN2O3. The largest absolute Gasteiger partial charge is 0.508 e. The van der Waals surface area contributed by atoms with Crippen LogP contribution >= 0.6 is 0 Å². The van der Waals surface area contributed by atoms with Gasteiger partial charge >= 0.3 is 186 Å². The van der Waals surface area contributed by atoms with Gasteiger partial charge in [-0.25, -0.2) is 0 Å². The third kappa shape index (κ3) is 7.80. The van der Waals surface area contributed by atoms with E-state index in [0.717, 1.165) is 16.9 Å². The number of benzene rings is 4. The summed E-state index contributed by atoms with van der Waals surface area (Å²) in [6, 6.07) is 32.3. The van der Waals surface area contributed by atoms with Crippen LogP contribution in [-0.2, 0) is 24.7 Å². The van der Waals surface area contributed by atoms with E-state index in [1.165, 1.54) is 36.8 Å². The normalized spacial score (nSPS) is 18.6. The van der Waals surface area contributed by atoms with Crippen LogP contribution in [0.2, 0.25) is 0 Å². The van der Waals surface area contributed by atoms with Gasteiger partial charge in [0.05, 0.1) is 0 Å². The smallest absolute Gasteiger partial charge is 0.127 e. The van der Waals surface area contributed by atoms with Crippen LogP contribution in [0.4, 0.5) is 0 Å². The van der Waals surface area contributed by atoms with E-state index in [4.69, 9.17) is 9.84 Å². The fourth-order valence-electron chi connectivity index (χ4n) is 5.70. The molecule has 0 radical (unpaired) electrons. The Bertz CT molecular complexity index is 1550. The van der Waals surface area contributed by atoms with E-state index in [9.17, 15) is 5.11 Å². The van der Waals surface area contributed by atoms with Crippen LogP contribution in [0, 0.1) is 0 Å². The predicted octanol–water partition coefficient (Wildman–Crippen LogP) is 8.30. The molecule has 6 heteroatoms. The van der Waals surface area contributed by atoms with Crippen molar-refractivity contribution in [1.29, 1.82) is 0 Å². The minimum Gasteiger partial charge on any atom is -0.508 e. The zero-order valence-electron chi connectivity index (χ0n) is 26.5. The molecule has 44 heavy (non-hydrogen) atoms. The summed E-state index contributed by atoms with van der Waals surface area (Å²) < 4.78 is 13.2. The molecule has 2 fully saturated rings. The minimum atomic E-state index is -1.07. The Morgan fingerprint density at radius 2 is 1.25 bits per heavy atom. The Hall–Kier alpha value is -3.41. The number of phenolic OH excluding ortho intramolecular Hbond substituents is 2. The second-order valence-electron chi connectivity index (χ2n) is 13.2. The molecule has 2 atom stereocenters. The predicted molar refractivity (Wildman–Crippen MR) is 177 cm³/mol. The zero-order chi connectivity index (χ0) is 31.3. The van der Waals surface area contributed by atoms with Crippen molar-refractivity contribution in [3.05, 3.63) is 119 Å². The van der Waals surface area contributed by atoms with Crippen molar-refractivity contribution >= 4 is 4.92 Å². The maximum absolute atomic E-state index is 11.4. The Morgan fingerprint density at radius 1 is 0.705 bits per heavy atom. The van der Waals surface area contributed by atoms with Gasteiger partial charge in [-0.05, 0) is 36.4 Å². The van der Waals surface area contributed by atoms with Crippen molar-refractivity contribution in [2.75, 3.05) is 0 Å². The third-order valence-corrected chi connectivity index (χ3v) is 10.8. The van der Waals surface area contributed by atoms with Gasteiger partial charge in [0.15, 0.2) is 0 Å². The molecule has 0 aromatic heterocycles. The average Bonchev–Trinajstić information content (AvgIpc) is 3.42. The van der Waals surface area contributed by atoms with Crippen molar-refractivity contribution < 1.29 is 28.8 Å². The number of ether oxygens (including phenoxy) is 1. The quantitative estimate of drug-likeness (QED) is 0.167. The molecule has 233 valence electrons. The van der Waals surface area contributed by atoms with Gasteiger partial charge in [-0.15, -0.1) is 0 Å². The van der Waals surface area contributed by atoms with Crippen molar-refractivity contribution in [3.8, 4) is 23.0 Å². The summed E-state index contributed by atoms with van der Waals surface area (Å²) in [5.41, 5.74) is 4.19. The summed E-state index contributed by atoms with van der Waals surface area (Å²) in [4.78, 5) is 2.29. The van der Waals surface area contributed by atoms with Gasteiger partial charge in [-0.2, -0.15) is 0 Å². The topological polar surface area (TPSA) is 73.8 Å². The number of hydrogen-bond donors (Lipinski definition) is 4. The zero-order valence-corrected chi connectivity index (χ0v) is 27.7. The molecule has 0 spiro atoms. The maximum atomic E-state index is 11.4. The molecule has 4 N–H and O–H groups in total. The molecule has 6 rings (SSSR count). The van der Waals surface area contributed by atoms with Gasteiger partial charge < -0.3 is 9.84 Å². The summed E-state index contributed by atoms with van der Waals surface area (Å²) in [5.74, 6) is 2.17. The molecule has 5 nitrogen and oxygen atoms in total. The summed E-state index contributed by atoms with van der Waals surface area (Å²) in [6.07, 6.45) is 5.18. The van der Waals surface area contributed by atoms with Crippen molar-refractivity contribution in [2.45, 2.75) is 83.2 Å². The van der Waals surface area contributed by atoms with Gasteiger partial charge in [0.2, 0.25) is 0 Å². The van der Waals surface area contributed by atoms with Crippen LogP contribution < -0.4 is 13.4 Å². The van der Waals surface area contributed by atoms with Gasteiger partial charge in [0, 0.05) is 0 Å². The number of phenols is 2. The van der Waals surface area contributed by atoms with E-state index in [-0.39, 0.29) is 16.6 Å². The van der Waals surface area contributed by atoms with Crippen LogP contribution in [0.15, 0.2) is 97.1 Å². The van der Waals surface area contributed by atoms with Crippen molar-refractivity contribution in [3.63, 3.8) is 0 Å². The fourth-order valence-corrected chi connectivity index (χ4v) is 8.39. The molecule has 1 heterocycles. The number of rotatable bonds is 5. The standard InChI is InChI=1S/C20H24O.C12H10O2.C6H12N2.Mn/c1-14-12-16(19(2,3)4)13-17(18(14)21)20(5,6)15-10-8-7-9-11-15;13-10-6-8-12(9-7-10)14-11-4-2-1-3-5-11;7-5-3-1-2-4-6(5)8;/h1,7-13,21H,2-6H3;1-9,13H;5-8H,1-4H2;/q;;-2;+2. The van der Waals surface area contributed by atoms with Crippen LogP contribution in [0.5, 0.6) is 23.0 Å². The second kappa shape index (κ2) is 13.7. The number of para-hydroxylation sites is 1. The van der Waals surface area contributed by atoms with Crippen LogP contribution in [0.3, 0.4) is 0 Å². The van der Waals surface area contributed by atoms with E-state index >= 15 is 0 Å². The van der Waals surface area contributed by atoms with E-state index in [1.807, 2.05) is 36.4 Å². The first kappa shape index (κ1) is 32.0. The molecule has 4 aromatic rings. The fraction of sp³-hybridized carbons (Fsp3) is 0.342. The average molecular weight is 634 g/mol. The summed E-state index contributed by atoms with van der Waals surface area (Å²) >= 11 is -1.07. The summed E-state index contributed by atoms with van der Waals surface area (Å²) in [6.45, 7) is 11.2. The molecule has 1 aliphatic heterocycles. The second-order valence-corrected chi connectivity index (χ2v) is 15.2. The molecule has 0 bridgehead atoms. The van der Waals surface area contributed by atoms with E-state index < -0.39 is 13.9 Å². The van der Waals surface area contributed by atoms with E-state index in [1.54, 1.807) is 24.3 Å². The minimum absolute atomic E-state index is 0.0139. The molecule has 0 amide bonds. The molecule has 2 unspecified atom stereocenters.